The van der Waals surface area contributed by atoms with Gasteiger partial charge in [-0.15, -0.1) is 0 Å². The highest BCUT2D eigenvalue weighted by atomic mass is 16.5. The number of nitrogens with one attached hydrogen (secondary N) is 1. The van der Waals surface area contributed by atoms with Crippen LogP contribution in [0.4, 0.5) is 10.5 Å². The normalized spacial score (nSPS) is 15.6. The molecule has 2 aliphatic rings. The topological polar surface area (TPSA) is 88.1 Å². The van der Waals surface area contributed by atoms with Gasteiger partial charge in [0, 0.05) is 31.1 Å². The van der Waals surface area contributed by atoms with Crippen LogP contribution in [0.25, 0.3) is 11.1 Å². The maximum absolute atomic E-state index is 12.7. The molecule has 1 saturated heterocycles. The molecular weight excluding hydrogens is 468 g/mol. The van der Waals surface area contributed by atoms with Crippen molar-refractivity contribution in [3.8, 4) is 11.1 Å². The Labute approximate surface area is 217 Å². The van der Waals surface area contributed by atoms with Gasteiger partial charge in [-0.1, -0.05) is 60.7 Å². The van der Waals surface area contributed by atoms with Gasteiger partial charge < -0.3 is 24.8 Å². The third-order valence-electron chi connectivity index (χ3n) is 7.25. The van der Waals surface area contributed by atoms with E-state index in [9.17, 15) is 14.7 Å². The Balaban J connectivity index is 1.25. The second-order valence-corrected chi connectivity index (χ2v) is 9.74. The van der Waals surface area contributed by atoms with Gasteiger partial charge >= 0.3 is 12.1 Å². The second-order valence-electron chi connectivity index (χ2n) is 9.74. The number of aliphatic carboxylic acids is 1. The number of alkyl carbamates (subject to hydrolysis) is 1. The quantitative estimate of drug-likeness (QED) is 0.490. The summed E-state index contributed by atoms with van der Waals surface area (Å²) in [6.07, 6.45) is -0.558. The summed E-state index contributed by atoms with van der Waals surface area (Å²) in [6.45, 7) is 7.28. The van der Waals surface area contributed by atoms with Crippen LogP contribution in [0.5, 0.6) is 0 Å². The van der Waals surface area contributed by atoms with Gasteiger partial charge in [0.05, 0.1) is 13.2 Å². The van der Waals surface area contributed by atoms with E-state index < -0.39 is 18.1 Å². The maximum atomic E-state index is 12.7. The Morgan fingerprint density at radius 1 is 1.00 bits per heavy atom. The number of rotatable bonds is 7. The van der Waals surface area contributed by atoms with E-state index >= 15 is 0 Å². The number of fused-ring (bicyclic) bond motifs is 3. The van der Waals surface area contributed by atoms with E-state index in [1.54, 1.807) is 0 Å². The number of ether oxygens (including phenoxy) is 2. The molecule has 1 unspecified atom stereocenters. The molecule has 1 amide bonds. The Morgan fingerprint density at radius 3 is 2.14 bits per heavy atom. The smallest absolute Gasteiger partial charge is 0.407 e. The molecule has 5 rings (SSSR count). The number of carboxylic acid groups (broad SMARTS) is 1. The zero-order valence-corrected chi connectivity index (χ0v) is 21.2. The van der Waals surface area contributed by atoms with Crippen molar-refractivity contribution in [2.75, 3.05) is 37.8 Å². The number of hydrogen-bond acceptors (Lipinski definition) is 5. The Hall–Kier alpha value is -3.84. The van der Waals surface area contributed by atoms with E-state index in [-0.39, 0.29) is 18.9 Å². The minimum atomic E-state index is -1.10. The molecule has 1 atom stereocenters. The molecular formula is C30H32N2O5. The predicted octanol–water partition coefficient (Wildman–Crippen LogP) is 4.67. The first-order valence-corrected chi connectivity index (χ1v) is 12.7. The van der Waals surface area contributed by atoms with Crippen molar-refractivity contribution in [2.45, 2.75) is 32.2 Å². The van der Waals surface area contributed by atoms with E-state index in [4.69, 9.17) is 9.47 Å². The molecule has 37 heavy (non-hydrogen) atoms. The van der Waals surface area contributed by atoms with E-state index in [1.165, 1.54) is 5.69 Å². The molecule has 1 aliphatic heterocycles. The first-order chi connectivity index (χ1) is 17.9. The number of carbonyl (C=O) groups excluding carboxylic acids is 1. The number of nitrogens with zero attached hydrogens (tertiary/aromatic N) is 1. The molecule has 3 aromatic rings. The number of amides is 1. The van der Waals surface area contributed by atoms with E-state index in [1.807, 2.05) is 62.4 Å². The van der Waals surface area contributed by atoms with Crippen LogP contribution < -0.4 is 10.2 Å². The molecule has 0 bridgehead atoms. The standard InChI is InChI=1S/C30H32N2O5/c1-19-15-21(16-20(2)28(19)32-11-13-36-14-12-32)17-27(29(33)34)31-30(35)37-18-26-24-9-5-3-7-22(24)23-8-4-6-10-25(23)26/h3-10,15-16,26-27H,11-14,17-18H2,1-2H3,(H,31,35)(H,33,34). The van der Waals surface area contributed by atoms with Crippen molar-refractivity contribution in [1.29, 1.82) is 0 Å². The van der Waals surface area contributed by atoms with Crippen LogP contribution >= 0.6 is 0 Å². The fourth-order valence-electron chi connectivity index (χ4n) is 5.67. The lowest BCUT2D eigenvalue weighted by atomic mass is 9.98. The van der Waals surface area contributed by atoms with Crippen LogP contribution in [-0.2, 0) is 20.7 Å². The van der Waals surface area contributed by atoms with Crippen LogP contribution in [-0.4, -0.2) is 56.1 Å². The maximum Gasteiger partial charge on any atom is 0.407 e. The minimum absolute atomic E-state index is 0.0838. The average Bonchev–Trinajstić information content (AvgIpc) is 3.21. The van der Waals surface area contributed by atoms with Gasteiger partial charge in [-0.05, 0) is 52.8 Å². The fraction of sp³-hybridized carbons (Fsp3) is 0.333. The van der Waals surface area contributed by atoms with E-state index in [0.717, 1.165) is 52.0 Å². The van der Waals surface area contributed by atoms with Gasteiger partial charge in [0.15, 0.2) is 0 Å². The third kappa shape index (κ3) is 5.18. The number of benzene rings is 3. The zero-order valence-electron chi connectivity index (χ0n) is 21.2. The lowest BCUT2D eigenvalue weighted by Gasteiger charge is -2.32. The Morgan fingerprint density at radius 2 is 1.57 bits per heavy atom. The molecule has 7 nitrogen and oxygen atoms in total. The van der Waals surface area contributed by atoms with Crippen molar-refractivity contribution in [1.82, 2.24) is 5.32 Å². The number of carbonyl (C=O) groups is 2. The van der Waals surface area contributed by atoms with Crippen LogP contribution in [0.15, 0.2) is 60.7 Å². The summed E-state index contributed by atoms with van der Waals surface area (Å²) in [5, 5.41) is 12.4. The first kappa shape index (κ1) is 24.8. The largest absolute Gasteiger partial charge is 0.480 e. The summed E-state index contributed by atoms with van der Waals surface area (Å²) in [5.74, 6) is -1.18. The lowest BCUT2D eigenvalue weighted by molar-refractivity contribution is -0.139. The van der Waals surface area contributed by atoms with E-state index in [2.05, 4.69) is 22.3 Å². The summed E-state index contributed by atoms with van der Waals surface area (Å²) in [5.41, 5.74) is 8.70. The average molecular weight is 501 g/mol. The van der Waals surface area contributed by atoms with Gasteiger partial charge in [0.25, 0.3) is 0 Å². The van der Waals surface area contributed by atoms with Gasteiger partial charge in [-0.25, -0.2) is 9.59 Å². The molecule has 2 N–H and O–H groups in total. The number of carboxylic acids is 1. The predicted molar refractivity (Wildman–Crippen MR) is 142 cm³/mol. The molecule has 0 aromatic heterocycles. The van der Waals surface area contributed by atoms with Crippen molar-refractivity contribution >= 4 is 17.7 Å². The van der Waals surface area contributed by atoms with Gasteiger partial charge in [0.1, 0.15) is 12.6 Å². The molecule has 1 aliphatic carbocycles. The molecule has 1 heterocycles. The zero-order chi connectivity index (χ0) is 25.9. The van der Waals surface area contributed by atoms with Gasteiger partial charge in [-0.3, -0.25) is 0 Å². The highest BCUT2D eigenvalue weighted by molar-refractivity contribution is 5.81. The van der Waals surface area contributed by atoms with Crippen molar-refractivity contribution in [3.63, 3.8) is 0 Å². The lowest BCUT2D eigenvalue weighted by Crippen LogP contribution is -2.43. The van der Waals surface area contributed by atoms with Crippen molar-refractivity contribution < 1.29 is 24.2 Å². The molecule has 0 spiro atoms. The van der Waals surface area contributed by atoms with Gasteiger partial charge in [0.2, 0.25) is 0 Å². The molecule has 0 radical (unpaired) electrons. The molecule has 7 heteroatoms. The first-order valence-electron chi connectivity index (χ1n) is 12.7. The third-order valence-corrected chi connectivity index (χ3v) is 7.25. The number of hydrogen-bond donors (Lipinski definition) is 2. The summed E-state index contributed by atoms with van der Waals surface area (Å²) in [7, 11) is 0. The molecule has 3 aromatic carbocycles. The van der Waals surface area contributed by atoms with E-state index in [0.29, 0.717) is 13.2 Å². The SMILES string of the molecule is Cc1cc(CC(NC(=O)OCC2c3ccccc3-c3ccccc32)C(=O)O)cc(C)c1N1CCOCC1. The molecule has 192 valence electrons. The van der Waals surface area contributed by atoms with Crippen LogP contribution in [0.1, 0.15) is 33.7 Å². The van der Waals surface area contributed by atoms with Crippen LogP contribution in [0, 0.1) is 13.8 Å². The highest BCUT2D eigenvalue weighted by Crippen LogP contribution is 2.44. The van der Waals surface area contributed by atoms with Crippen LogP contribution in [0.2, 0.25) is 0 Å². The Bertz CT molecular complexity index is 1250. The summed E-state index contributed by atoms with van der Waals surface area (Å²) in [4.78, 5) is 27.0. The second kappa shape index (κ2) is 10.6. The van der Waals surface area contributed by atoms with Gasteiger partial charge in [-0.2, -0.15) is 0 Å². The number of aryl methyl sites for hydroxylation is 2. The van der Waals surface area contributed by atoms with Crippen molar-refractivity contribution in [2.24, 2.45) is 0 Å². The molecule has 1 fully saturated rings. The highest BCUT2D eigenvalue weighted by Gasteiger charge is 2.30. The van der Waals surface area contributed by atoms with Crippen molar-refractivity contribution in [3.05, 3.63) is 88.5 Å². The van der Waals surface area contributed by atoms with Crippen LogP contribution in [0.3, 0.4) is 0 Å². The number of anilines is 1. The monoisotopic (exact) mass is 500 g/mol. The Kier molecular flexibility index (Phi) is 7.15. The molecule has 0 saturated carbocycles. The summed E-state index contributed by atoms with van der Waals surface area (Å²) in [6, 6.07) is 19.1. The summed E-state index contributed by atoms with van der Waals surface area (Å²) >= 11 is 0. The summed E-state index contributed by atoms with van der Waals surface area (Å²) < 4.78 is 11.0. The number of morpholine rings is 1. The fourth-order valence-corrected chi connectivity index (χ4v) is 5.67. The minimum Gasteiger partial charge on any atom is -0.480 e.